The highest BCUT2D eigenvalue weighted by atomic mass is 16.3. The fraction of sp³-hybridized carbons (Fsp3) is 0.400. The second-order valence-corrected chi connectivity index (χ2v) is 6.63. The SMILES string of the molecule is Cc1ccnc(NC(=O)c2ccc(C3CCN(CCO)CC3)cc2)c1. The molecule has 1 aliphatic rings. The number of aromatic nitrogens is 1. The van der Waals surface area contributed by atoms with Crippen LogP contribution in [0.5, 0.6) is 0 Å². The number of hydrogen-bond donors (Lipinski definition) is 2. The summed E-state index contributed by atoms with van der Waals surface area (Å²) in [6.07, 6.45) is 3.88. The molecule has 2 N–H and O–H groups in total. The van der Waals surface area contributed by atoms with E-state index in [4.69, 9.17) is 5.11 Å². The lowest BCUT2D eigenvalue weighted by molar-refractivity contribution is 0.102. The van der Waals surface area contributed by atoms with Crippen LogP contribution in [0.2, 0.25) is 0 Å². The number of rotatable bonds is 5. The van der Waals surface area contributed by atoms with Crippen LogP contribution in [0.1, 0.15) is 40.2 Å². The molecule has 1 aromatic heterocycles. The second-order valence-electron chi connectivity index (χ2n) is 6.63. The second kappa shape index (κ2) is 8.23. The molecule has 132 valence electrons. The highest BCUT2D eigenvalue weighted by molar-refractivity contribution is 6.03. The summed E-state index contributed by atoms with van der Waals surface area (Å²) in [6, 6.07) is 11.7. The number of pyridine rings is 1. The van der Waals surface area contributed by atoms with E-state index in [1.165, 1.54) is 5.56 Å². The summed E-state index contributed by atoms with van der Waals surface area (Å²) < 4.78 is 0. The van der Waals surface area contributed by atoms with Crippen molar-refractivity contribution in [1.29, 1.82) is 0 Å². The van der Waals surface area contributed by atoms with E-state index >= 15 is 0 Å². The molecule has 3 rings (SSSR count). The van der Waals surface area contributed by atoms with Crippen molar-refractivity contribution in [3.05, 3.63) is 59.3 Å². The van der Waals surface area contributed by atoms with Crippen LogP contribution in [-0.4, -0.2) is 47.1 Å². The Morgan fingerprint density at radius 2 is 1.96 bits per heavy atom. The Hall–Kier alpha value is -2.24. The van der Waals surface area contributed by atoms with E-state index in [1.807, 2.05) is 31.2 Å². The summed E-state index contributed by atoms with van der Waals surface area (Å²) >= 11 is 0. The first-order valence-corrected chi connectivity index (χ1v) is 8.83. The fourth-order valence-corrected chi connectivity index (χ4v) is 3.33. The molecule has 1 amide bonds. The number of likely N-dealkylation sites (tertiary alicyclic amines) is 1. The van der Waals surface area contributed by atoms with E-state index in [0.717, 1.165) is 38.0 Å². The molecule has 1 aliphatic heterocycles. The number of hydrogen-bond acceptors (Lipinski definition) is 4. The molecular weight excluding hydrogens is 314 g/mol. The minimum atomic E-state index is -0.137. The van der Waals surface area contributed by atoms with Gasteiger partial charge in [0.15, 0.2) is 0 Å². The van der Waals surface area contributed by atoms with Crippen LogP contribution in [0.25, 0.3) is 0 Å². The third-order valence-electron chi connectivity index (χ3n) is 4.81. The minimum absolute atomic E-state index is 0.137. The molecule has 0 unspecified atom stereocenters. The normalized spacial score (nSPS) is 15.9. The van der Waals surface area contributed by atoms with Gasteiger partial charge in [0, 0.05) is 18.3 Å². The average molecular weight is 339 g/mol. The molecule has 0 bridgehead atoms. The van der Waals surface area contributed by atoms with Crippen molar-refractivity contribution in [1.82, 2.24) is 9.88 Å². The van der Waals surface area contributed by atoms with Gasteiger partial charge in [-0.15, -0.1) is 0 Å². The van der Waals surface area contributed by atoms with E-state index in [2.05, 4.69) is 27.3 Å². The predicted octanol–water partition coefficient (Wildman–Crippen LogP) is 2.81. The maximum Gasteiger partial charge on any atom is 0.256 e. The number of aliphatic hydroxyl groups excluding tert-OH is 1. The molecule has 25 heavy (non-hydrogen) atoms. The maximum absolute atomic E-state index is 12.3. The van der Waals surface area contributed by atoms with Gasteiger partial charge in [0.2, 0.25) is 0 Å². The van der Waals surface area contributed by atoms with E-state index in [-0.39, 0.29) is 12.5 Å². The molecule has 2 heterocycles. The lowest BCUT2D eigenvalue weighted by atomic mass is 9.89. The van der Waals surface area contributed by atoms with Gasteiger partial charge in [0.1, 0.15) is 5.82 Å². The number of anilines is 1. The van der Waals surface area contributed by atoms with Crippen LogP contribution in [0.4, 0.5) is 5.82 Å². The molecule has 0 spiro atoms. The lowest BCUT2D eigenvalue weighted by Gasteiger charge is -2.31. The quantitative estimate of drug-likeness (QED) is 0.879. The van der Waals surface area contributed by atoms with Gasteiger partial charge >= 0.3 is 0 Å². The van der Waals surface area contributed by atoms with Crippen LogP contribution in [0, 0.1) is 6.92 Å². The molecule has 1 saturated heterocycles. The predicted molar refractivity (Wildman–Crippen MR) is 98.9 cm³/mol. The summed E-state index contributed by atoms with van der Waals surface area (Å²) in [4.78, 5) is 18.8. The summed E-state index contributed by atoms with van der Waals surface area (Å²) in [6.45, 7) is 5.00. The van der Waals surface area contributed by atoms with Gasteiger partial charge < -0.3 is 15.3 Å². The van der Waals surface area contributed by atoms with Crippen LogP contribution in [-0.2, 0) is 0 Å². The Kier molecular flexibility index (Phi) is 5.79. The number of aryl methyl sites for hydroxylation is 1. The van der Waals surface area contributed by atoms with Gasteiger partial charge in [-0.1, -0.05) is 12.1 Å². The van der Waals surface area contributed by atoms with Crippen molar-refractivity contribution in [2.45, 2.75) is 25.7 Å². The average Bonchev–Trinajstić information content (AvgIpc) is 2.63. The van der Waals surface area contributed by atoms with Crippen molar-refractivity contribution < 1.29 is 9.90 Å². The van der Waals surface area contributed by atoms with Crippen LogP contribution in [0.3, 0.4) is 0 Å². The van der Waals surface area contributed by atoms with Crippen molar-refractivity contribution in [3.63, 3.8) is 0 Å². The number of piperidine rings is 1. The van der Waals surface area contributed by atoms with E-state index in [0.29, 0.717) is 17.3 Å². The maximum atomic E-state index is 12.3. The van der Waals surface area contributed by atoms with E-state index in [1.54, 1.807) is 6.20 Å². The summed E-state index contributed by atoms with van der Waals surface area (Å²) in [5, 5.41) is 11.9. The molecular formula is C20H25N3O2. The molecule has 2 aromatic rings. The fourth-order valence-electron chi connectivity index (χ4n) is 3.33. The number of amides is 1. The Labute approximate surface area is 148 Å². The smallest absolute Gasteiger partial charge is 0.256 e. The zero-order valence-corrected chi connectivity index (χ0v) is 14.6. The number of β-amino-alcohol motifs (C(OH)–C–C–N with tert-alkyl or cyclic N) is 1. The molecule has 5 heteroatoms. The minimum Gasteiger partial charge on any atom is -0.395 e. The number of carbonyl (C=O) groups excluding carboxylic acids is 1. The Bertz CT molecular complexity index is 707. The molecule has 0 atom stereocenters. The zero-order valence-electron chi connectivity index (χ0n) is 14.6. The molecule has 1 aromatic carbocycles. The number of nitrogens with one attached hydrogen (secondary N) is 1. The van der Waals surface area contributed by atoms with Gasteiger partial charge in [-0.2, -0.15) is 0 Å². The topological polar surface area (TPSA) is 65.5 Å². The first kappa shape index (κ1) is 17.6. The van der Waals surface area contributed by atoms with Crippen molar-refractivity contribution in [2.75, 3.05) is 31.6 Å². The molecule has 0 aliphatic carbocycles. The van der Waals surface area contributed by atoms with Crippen LogP contribution in [0.15, 0.2) is 42.6 Å². The zero-order chi connectivity index (χ0) is 17.6. The van der Waals surface area contributed by atoms with E-state index < -0.39 is 0 Å². The number of carbonyl (C=O) groups is 1. The Morgan fingerprint density at radius 1 is 1.24 bits per heavy atom. The Morgan fingerprint density at radius 3 is 2.60 bits per heavy atom. The van der Waals surface area contributed by atoms with Crippen LogP contribution >= 0.6 is 0 Å². The summed E-state index contributed by atoms with van der Waals surface area (Å²) in [5.74, 6) is 0.971. The van der Waals surface area contributed by atoms with Gasteiger partial charge in [0.25, 0.3) is 5.91 Å². The third-order valence-corrected chi connectivity index (χ3v) is 4.81. The number of nitrogens with zero attached hydrogens (tertiary/aromatic N) is 2. The monoisotopic (exact) mass is 339 g/mol. The molecule has 0 saturated carbocycles. The highest BCUT2D eigenvalue weighted by Crippen LogP contribution is 2.28. The lowest BCUT2D eigenvalue weighted by Crippen LogP contribution is -2.34. The largest absolute Gasteiger partial charge is 0.395 e. The third kappa shape index (κ3) is 4.65. The van der Waals surface area contributed by atoms with Crippen LogP contribution < -0.4 is 5.32 Å². The number of aliphatic hydroxyl groups is 1. The van der Waals surface area contributed by atoms with Gasteiger partial charge in [-0.25, -0.2) is 4.98 Å². The van der Waals surface area contributed by atoms with E-state index in [9.17, 15) is 4.79 Å². The first-order valence-electron chi connectivity index (χ1n) is 8.83. The molecule has 5 nitrogen and oxygen atoms in total. The van der Waals surface area contributed by atoms with Crippen molar-refractivity contribution in [2.24, 2.45) is 0 Å². The van der Waals surface area contributed by atoms with Crippen molar-refractivity contribution in [3.8, 4) is 0 Å². The highest BCUT2D eigenvalue weighted by Gasteiger charge is 2.20. The summed E-state index contributed by atoms with van der Waals surface area (Å²) in [7, 11) is 0. The van der Waals surface area contributed by atoms with Gasteiger partial charge in [0.05, 0.1) is 6.61 Å². The standard InChI is InChI=1S/C20H25N3O2/c1-15-6-9-21-19(14-15)22-20(25)18-4-2-16(3-5-18)17-7-10-23(11-8-17)12-13-24/h2-6,9,14,17,24H,7-8,10-13H2,1H3,(H,21,22,25). The summed E-state index contributed by atoms with van der Waals surface area (Å²) in [5.41, 5.74) is 2.99. The first-order chi connectivity index (χ1) is 12.2. The number of benzene rings is 1. The van der Waals surface area contributed by atoms with Crippen molar-refractivity contribution >= 4 is 11.7 Å². The Balaban J connectivity index is 1.59. The van der Waals surface area contributed by atoms with Gasteiger partial charge in [-0.05, 0) is 74.2 Å². The molecule has 1 fully saturated rings. The van der Waals surface area contributed by atoms with Gasteiger partial charge in [-0.3, -0.25) is 4.79 Å². The molecule has 0 radical (unpaired) electrons.